The first-order valence-corrected chi connectivity index (χ1v) is 4.97. The van der Waals surface area contributed by atoms with E-state index in [0.29, 0.717) is 0 Å². The number of rotatable bonds is 3. The predicted octanol–water partition coefficient (Wildman–Crippen LogP) is 1.49. The molecule has 7 heteroatoms. The minimum absolute atomic E-state index is 0.0284. The summed E-state index contributed by atoms with van der Waals surface area (Å²) in [5.74, 6) is -2.45. The van der Waals surface area contributed by atoms with Crippen LogP contribution in [-0.2, 0) is 6.54 Å². The van der Waals surface area contributed by atoms with Crippen LogP contribution in [-0.4, -0.2) is 20.9 Å². The first-order valence-electron chi connectivity index (χ1n) is 4.97. The minimum atomic E-state index is -1.27. The number of benzene rings is 1. The number of nitrogens with two attached hydrogens (primary N) is 1. The van der Waals surface area contributed by atoms with Gasteiger partial charge in [-0.1, -0.05) is 0 Å². The number of hydrogen-bond donors (Lipinski definition) is 2. The maximum absolute atomic E-state index is 13.4. The number of carbonyl (C=O) groups is 1. The summed E-state index contributed by atoms with van der Waals surface area (Å²) >= 11 is 0. The molecule has 0 aliphatic heterocycles. The topological polar surface area (TPSA) is 81.1 Å². The Morgan fingerprint density at radius 3 is 2.78 bits per heavy atom. The molecule has 2 rings (SSSR count). The average Bonchev–Trinajstić information content (AvgIpc) is 2.65. The Morgan fingerprint density at radius 2 is 2.17 bits per heavy atom. The van der Waals surface area contributed by atoms with Gasteiger partial charge in [0.15, 0.2) is 5.69 Å². The lowest BCUT2D eigenvalue weighted by Crippen LogP contribution is -2.06. The second kappa shape index (κ2) is 4.44. The van der Waals surface area contributed by atoms with E-state index < -0.39 is 17.6 Å². The van der Waals surface area contributed by atoms with Gasteiger partial charge in [0.05, 0.1) is 12.2 Å². The monoisotopic (exact) mass is 253 g/mol. The van der Waals surface area contributed by atoms with E-state index in [1.165, 1.54) is 6.20 Å². The molecule has 0 aliphatic carbocycles. The summed E-state index contributed by atoms with van der Waals surface area (Å²) in [7, 11) is 0. The van der Waals surface area contributed by atoms with E-state index in [1.807, 2.05) is 0 Å². The summed E-state index contributed by atoms with van der Waals surface area (Å²) < 4.78 is 27.5. The fraction of sp³-hybridized carbons (Fsp3) is 0.0909. The van der Waals surface area contributed by atoms with Gasteiger partial charge >= 0.3 is 5.97 Å². The van der Waals surface area contributed by atoms with Crippen LogP contribution in [0.2, 0.25) is 0 Å². The number of carboxylic acids is 1. The molecular weight excluding hydrogens is 244 g/mol. The van der Waals surface area contributed by atoms with Gasteiger partial charge in [-0.25, -0.2) is 13.6 Å². The maximum Gasteiger partial charge on any atom is 0.358 e. The maximum atomic E-state index is 13.4. The van der Waals surface area contributed by atoms with E-state index in [2.05, 4.69) is 5.10 Å². The largest absolute Gasteiger partial charge is 0.476 e. The fourth-order valence-corrected chi connectivity index (χ4v) is 1.52. The van der Waals surface area contributed by atoms with Crippen molar-refractivity contribution in [1.29, 1.82) is 0 Å². The number of aromatic carboxylic acids is 1. The minimum Gasteiger partial charge on any atom is -0.476 e. The normalized spacial score (nSPS) is 10.6. The first kappa shape index (κ1) is 12.0. The molecule has 0 bridgehead atoms. The second-order valence-corrected chi connectivity index (χ2v) is 3.67. The van der Waals surface area contributed by atoms with Crippen molar-refractivity contribution in [3.8, 4) is 0 Å². The number of halogens is 2. The van der Waals surface area contributed by atoms with Gasteiger partial charge in [0, 0.05) is 11.8 Å². The zero-order chi connectivity index (χ0) is 13.3. The Kier molecular flexibility index (Phi) is 2.97. The van der Waals surface area contributed by atoms with Gasteiger partial charge in [0.1, 0.15) is 11.6 Å². The molecule has 0 aliphatic rings. The number of hydrogen-bond acceptors (Lipinski definition) is 3. The molecule has 0 saturated heterocycles. The van der Waals surface area contributed by atoms with Crippen molar-refractivity contribution in [2.45, 2.75) is 6.54 Å². The first-order chi connectivity index (χ1) is 8.47. The van der Waals surface area contributed by atoms with Crippen LogP contribution in [0.3, 0.4) is 0 Å². The van der Waals surface area contributed by atoms with Crippen LogP contribution in [0.5, 0.6) is 0 Å². The van der Waals surface area contributed by atoms with Crippen molar-refractivity contribution < 1.29 is 18.7 Å². The molecule has 0 radical (unpaired) electrons. The molecule has 0 amide bonds. The molecule has 0 spiro atoms. The third-order valence-corrected chi connectivity index (χ3v) is 2.33. The molecule has 1 heterocycles. The molecule has 94 valence electrons. The third-order valence-electron chi connectivity index (χ3n) is 2.33. The highest BCUT2D eigenvalue weighted by atomic mass is 19.1. The summed E-state index contributed by atoms with van der Waals surface area (Å²) in [5.41, 5.74) is 5.15. The van der Waals surface area contributed by atoms with E-state index in [-0.39, 0.29) is 23.5 Å². The molecule has 5 nitrogen and oxygen atoms in total. The van der Waals surface area contributed by atoms with Crippen LogP contribution >= 0.6 is 0 Å². The van der Waals surface area contributed by atoms with Crippen molar-refractivity contribution in [3.05, 3.63) is 47.3 Å². The molecule has 2 aromatic rings. The SMILES string of the molecule is Nc1cn(Cc2cc(F)ccc2F)nc1C(=O)O. The number of anilines is 1. The van der Waals surface area contributed by atoms with Crippen molar-refractivity contribution in [1.82, 2.24) is 9.78 Å². The molecule has 0 fully saturated rings. The zero-order valence-electron chi connectivity index (χ0n) is 9.10. The summed E-state index contributed by atoms with van der Waals surface area (Å²) in [5, 5.41) is 12.4. The van der Waals surface area contributed by atoms with Gasteiger partial charge in [0.2, 0.25) is 0 Å². The van der Waals surface area contributed by atoms with Crippen molar-refractivity contribution >= 4 is 11.7 Å². The predicted molar refractivity (Wildman–Crippen MR) is 59.1 cm³/mol. The quantitative estimate of drug-likeness (QED) is 0.868. The molecule has 0 unspecified atom stereocenters. The summed E-state index contributed by atoms with van der Waals surface area (Å²) in [4.78, 5) is 10.7. The lowest BCUT2D eigenvalue weighted by Gasteiger charge is -2.03. The molecule has 1 aromatic carbocycles. The molecule has 0 saturated carbocycles. The molecule has 3 N–H and O–H groups in total. The Balaban J connectivity index is 2.31. The van der Waals surface area contributed by atoms with Gasteiger partial charge in [-0.15, -0.1) is 0 Å². The standard InChI is InChI=1S/C11H9F2N3O2/c12-7-1-2-8(13)6(3-7)4-16-5-9(14)10(15-16)11(17)18/h1-3,5H,4,14H2,(H,17,18). The van der Waals surface area contributed by atoms with Crippen molar-refractivity contribution in [2.24, 2.45) is 0 Å². The number of carboxylic acid groups (broad SMARTS) is 1. The van der Waals surface area contributed by atoms with E-state index in [1.54, 1.807) is 0 Å². The number of nitrogens with zero attached hydrogens (tertiary/aromatic N) is 2. The van der Waals surface area contributed by atoms with Crippen LogP contribution in [0.25, 0.3) is 0 Å². The highest BCUT2D eigenvalue weighted by Gasteiger charge is 2.14. The van der Waals surface area contributed by atoms with E-state index >= 15 is 0 Å². The van der Waals surface area contributed by atoms with Gasteiger partial charge in [0.25, 0.3) is 0 Å². The highest BCUT2D eigenvalue weighted by molar-refractivity contribution is 5.91. The van der Waals surface area contributed by atoms with Gasteiger partial charge < -0.3 is 10.8 Å². The Morgan fingerprint density at radius 1 is 1.44 bits per heavy atom. The molecular formula is C11H9F2N3O2. The van der Waals surface area contributed by atoms with Crippen LogP contribution in [0.1, 0.15) is 16.1 Å². The van der Waals surface area contributed by atoms with Crippen LogP contribution in [0.15, 0.2) is 24.4 Å². The highest BCUT2D eigenvalue weighted by Crippen LogP contribution is 2.14. The van der Waals surface area contributed by atoms with Crippen LogP contribution in [0, 0.1) is 11.6 Å². The average molecular weight is 253 g/mol. The van der Waals surface area contributed by atoms with Crippen molar-refractivity contribution in [2.75, 3.05) is 5.73 Å². The number of aromatic nitrogens is 2. The lowest BCUT2D eigenvalue weighted by molar-refractivity contribution is 0.0690. The van der Waals surface area contributed by atoms with Gasteiger partial charge in [-0.3, -0.25) is 4.68 Å². The summed E-state index contributed by atoms with van der Waals surface area (Å²) in [6, 6.07) is 3.02. The molecule has 1 aromatic heterocycles. The lowest BCUT2D eigenvalue weighted by atomic mass is 10.2. The molecule has 18 heavy (non-hydrogen) atoms. The summed E-state index contributed by atoms with van der Waals surface area (Å²) in [6.07, 6.45) is 1.26. The number of nitrogen functional groups attached to an aromatic ring is 1. The fourth-order valence-electron chi connectivity index (χ4n) is 1.52. The second-order valence-electron chi connectivity index (χ2n) is 3.67. The Bertz CT molecular complexity index is 610. The van der Waals surface area contributed by atoms with E-state index in [4.69, 9.17) is 10.8 Å². The van der Waals surface area contributed by atoms with Gasteiger partial charge in [-0.05, 0) is 18.2 Å². The molecule has 0 atom stereocenters. The zero-order valence-corrected chi connectivity index (χ0v) is 9.10. The van der Waals surface area contributed by atoms with Crippen LogP contribution in [0.4, 0.5) is 14.5 Å². The smallest absolute Gasteiger partial charge is 0.358 e. The summed E-state index contributed by atoms with van der Waals surface area (Å²) in [6.45, 7) is -0.0962. The van der Waals surface area contributed by atoms with Gasteiger partial charge in [-0.2, -0.15) is 5.10 Å². The Hall–Kier alpha value is -2.44. The van der Waals surface area contributed by atoms with Crippen LogP contribution < -0.4 is 5.73 Å². The third kappa shape index (κ3) is 2.29. The van der Waals surface area contributed by atoms with E-state index in [0.717, 1.165) is 22.9 Å². The Labute approximate surface area is 100 Å². The van der Waals surface area contributed by atoms with E-state index in [9.17, 15) is 13.6 Å². The van der Waals surface area contributed by atoms with Crippen molar-refractivity contribution in [3.63, 3.8) is 0 Å².